The summed E-state index contributed by atoms with van der Waals surface area (Å²) < 4.78 is 0. The van der Waals surface area contributed by atoms with Crippen molar-refractivity contribution in [1.82, 2.24) is 10.2 Å². The summed E-state index contributed by atoms with van der Waals surface area (Å²) in [4.78, 5) is 2.06. The topological polar surface area (TPSA) is 55.0 Å². The van der Waals surface area contributed by atoms with Crippen LogP contribution in [0.15, 0.2) is 36.5 Å². The van der Waals surface area contributed by atoms with Gasteiger partial charge in [0.2, 0.25) is 0 Å². The van der Waals surface area contributed by atoms with Crippen molar-refractivity contribution in [2.45, 2.75) is 19.5 Å². The fourth-order valence-electron chi connectivity index (χ4n) is 1.98. The molecule has 5 heteroatoms. The summed E-state index contributed by atoms with van der Waals surface area (Å²) in [5.74, 6) is 0.803. The number of halogens is 1. The third kappa shape index (κ3) is 3.03. The van der Waals surface area contributed by atoms with Gasteiger partial charge in [-0.1, -0.05) is 23.7 Å². The smallest absolute Gasteiger partial charge is 0.156 e. The average Bonchev–Trinajstić information content (AvgIpc) is 2.45. The quantitative estimate of drug-likeness (QED) is 0.933. The van der Waals surface area contributed by atoms with Crippen LogP contribution in [0, 0.1) is 0 Å². The number of nitrogens with zero attached hydrogens (tertiary/aromatic N) is 3. The number of nitrogens with two attached hydrogens (primary N) is 1. The summed E-state index contributed by atoms with van der Waals surface area (Å²) in [5.41, 5.74) is 7.84. The Bertz CT molecular complexity index is 559. The SMILES string of the molecule is CC(c1cccc(Cl)c1)N(C)c1nnccc1CN. The van der Waals surface area contributed by atoms with Gasteiger partial charge in [-0.15, -0.1) is 5.10 Å². The average molecular weight is 277 g/mol. The van der Waals surface area contributed by atoms with Crippen LogP contribution in [0.2, 0.25) is 5.02 Å². The van der Waals surface area contributed by atoms with Crippen LogP contribution < -0.4 is 10.6 Å². The van der Waals surface area contributed by atoms with E-state index in [0.717, 1.165) is 22.0 Å². The predicted molar refractivity (Wildman–Crippen MR) is 78.2 cm³/mol. The van der Waals surface area contributed by atoms with Gasteiger partial charge in [-0.3, -0.25) is 0 Å². The van der Waals surface area contributed by atoms with E-state index in [4.69, 9.17) is 17.3 Å². The Balaban J connectivity index is 2.30. The fraction of sp³-hybridized carbons (Fsp3) is 0.286. The number of hydrogen-bond donors (Lipinski definition) is 1. The molecule has 0 amide bonds. The van der Waals surface area contributed by atoms with Crippen LogP contribution in [0.25, 0.3) is 0 Å². The van der Waals surface area contributed by atoms with Crippen molar-refractivity contribution in [3.63, 3.8) is 0 Å². The molecule has 1 unspecified atom stereocenters. The predicted octanol–water partition coefficient (Wildman–Crippen LogP) is 2.79. The fourth-order valence-corrected chi connectivity index (χ4v) is 2.18. The largest absolute Gasteiger partial charge is 0.351 e. The number of benzene rings is 1. The van der Waals surface area contributed by atoms with Crippen molar-refractivity contribution < 1.29 is 0 Å². The zero-order chi connectivity index (χ0) is 13.8. The summed E-state index contributed by atoms with van der Waals surface area (Å²) in [6, 6.07) is 9.85. The van der Waals surface area contributed by atoms with Crippen LogP contribution in [0.3, 0.4) is 0 Å². The maximum atomic E-state index is 6.03. The lowest BCUT2D eigenvalue weighted by Gasteiger charge is -2.27. The molecule has 1 aromatic carbocycles. The molecule has 0 aliphatic heterocycles. The van der Waals surface area contributed by atoms with Crippen LogP contribution in [-0.2, 0) is 6.54 Å². The van der Waals surface area contributed by atoms with Gasteiger partial charge in [0.25, 0.3) is 0 Å². The van der Waals surface area contributed by atoms with E-state index in [0.29, 0.717) is 6.54 Å². The van der Waals surface area contributed by atoms with E-state index < -0.39 is 0 Å². The van der Waals surface area contributed by atoms with Gasteiger partial charge in [0.1, 0.15) is 0 Å². The molecule has 0 saturated carbocycles. The summed E-state index contributed by atoms with van der Waals surface area (Å²) in [7, 11) is 1.98. The zero-order valence-corrected chi connectivity index (χ0v) is 11.8. The van der Waals surface area contributed by atoms with Crippen LogP contribution in [-0.4, -0.2) is 17.2 Å². The van der Waals surface area contributed by atoms with E-state index in [-0.39, 0.29) is 6.04 Å². The lowest BCUT2D eigenvalue weighted by molar-refractivity contribution is 0.713. The normalized spacial score (nSPS) is 12.2. The first kappa shape index (κ1) is 13.8. The zero-order valence-electron chi connectivity index (χ0n) is 11.0. The highest BCUT2D eigenvalue weighted by Crippen LogP contribution is 2.27. The number of anilines is 1. The molecule has 0 spiro atoms. The Morgan fingerprint density at radius 2 is 2.16 bits per heavy atom. The second kappa shape index (κ2) is 5.99. The van der Waals surface area contributed by atoms with Gasteiger partial charge in [0.15, 0.2) is 5.82 Å². The second-order valence-electron chi connectivity index (χ2n) is 4.43. The van der Waals surface area contributed by atoms with Crippen LogP contribution in [0.4, 0.5) is 5.82 Å². The standard InChI is InChI=1S/C14H17ClN4/c1-10(11-4-3-5-13(15)8-11)19(2)14-12(9-16)6-7-17-18-14/h3-8,10H,9,16H2,1-2H3. The van der Waals surface area contributed by atoms with Crippen LogP contribution in [0.1, 0.15) is 24.1 Å². The van der Waals surface area contributed by atoms with Gasteiger partial charge < -0.3 is 10.6 Å². The molecule has 0 fully saturated rings. The third-order valence-electron chi connectivity index (χ3n) is 3.25. The van der Waals surface area contributed by atoms with E-state index in [1.807, 2.05) is 37.4 Å². The number of aromatic nitrogens is 2. The van der Waals surface area contributed by atoms with Crippen molar-refractivity contribution >= 4 is 17.4 Å². The third-order valence-corrected chi connectivity index (χ3v) is 3.48. The molecule has 0 saturated heterocycles. The summed E-state index contributed by atoms with van der Waals surface area (Å²) in [6.45, 7) is 2.54. The summed E-state index contributed by atoms with van der Waals surface area (Å²) >= 11 is 6.03. The first-order valence-corrected chi connectivity index (χ1v) is 6.50. The van der Waals surface area contributed by atoms with Crippen molar-refractivity contribution in [3.8, 4) is 0 Å². The van der Waals surface area contributed by atoms with Gasteiger partial charge in [-0.05, 0) is 30.7 Å². The Morgan fingerprint density at radius 3 is 2.84 bits per heavy atom. The molecule has 2 aromatic rings. The Kier molecular flexibility index (Phi) is 4.35. The molecule has 0 bridgehead atoms. The lowest BCUT2D eigenvalue weighted by atomic mass is 10.1. The lowest BCUT2D eigenvalue weighted by Crippen LogP contribution is -2.24. The molecule has 0 radical (unpaired) electrons. The van der Waals surface area contributed by atoms with Crippen molar-refractivity contribution in [3.05, 3.63) is 52.7 Å². The second-order valence-corrected chi connectivity index (χ2v) is 4.86. The Labute approximate surface area is 118 Å². The minimum absolute atomic E-state index is 0.140. The first-order valence-electron chi connectivity index (χ1n) is 6.12. The minimum atomic E-state index is 0.140. The molecule has 1 aromatic heterocycles. The molecule has 1 atom stereocenters. The van der Waals surface area contributed by atoms with Gasteiger partial charge in [0.05, 0.1) is 12.2 Å². The number of hydrogen-bond acceptors (Lipinski definition) is 4. The van der Waals surface area contributed by atoms with Crippen molar-refractivity contribution in [1.29, 1.82) is 0 Å². The maximum absolute atomic E-state index is 6.03. The van der Waals surface area contributed by atoms with Crippen molar-refractivity contribution in [2.24, 2.45) is 5.73 Å². The number of rotatable bonds is 4. The van der Waals surface area contributed by atoms with Crippen LogP contribution in [0.5, 0.6) is 0 Å². The Morgan fingerprint density at radius 1 is 1.37 bits per heavy atom. The highest BCUT2D eigenvalue weighted by atomic mass is 35.5. The molecular weight excluding hydrogens is 260 g/mol. The van der Waals surface area contributed by atoms with E-state index >= 15 is 0 Å². The minimum Gasteiger partial charge on any atom is -0.351 e. The van der Waals surface area contributed by atoms with E-state index in [1.54, 1.807) is 6.20 Å². The van der Waals surface area contributed by atoms with E-state index in [2.05, 4.69) is 22.0 Å². The molecule has 19 heavy (non-hydrogen) atoms. The molecule has 4 nitrogen and oxygen atoms in total. The molecule has 2 rings (SSSR count). The molecule has 1 heterocycles. The van der Waals surface area contributed by atoms with Crippen LogP contribution >= 0.6 is 11.6 Å². The van der Waals surface area contributed by atoms with Gasteiger partial charge >= 0.3 is 0 Å². The summed E-state index contributed by atoms with van der Waals surface area (Å²) in [6.07, 6.45) is 1.66. The molecular formula is C14H17ClN4. The first-order chi connectivity index (χ1) is 9.13. The Hall–Kier alpha value is -1.65. The monoisotopic (exact) mass is 276 g/mol. The molecule has 0 aliphatic rings. The molecule has 0 aliphatic carbocycles. The van der Waals surface area contributed by atoms with E-state index in [9.17, 15) is 0 Å². The highest BCUT2D eigenvalue weighted by Gasteiger charge is 2.16. The van der Waals surface area contributed by atoms with Gasteiger partial charge in [-0.25, -0.2) is 0 Å². The highest BCUT2D eigenvalue weighted by molar-refractivity contribution is 6.30. The molecule has 2 N–H and O–H groups in total. The van der Waals surface area contributed by atoms with Gasteiger partial charge in [-0.2, -0.15) is 5.10 Å². The molecule has 100 valence electrons. The summed E-state index contributed by atoms with van der Waals surface area (Å²) in [5, 5.41) is 8.85. The van der Waals surface area contributed by atoms with E-state index in [1.165, 1.54) is 0 Å². The maximum Gasteiger partial charge on any atom is 0.156 e. The van der Waals surface area contributed by atoms with Gasteiger partial charge in [0, 0.05) is 24.2 Å². The van der Waals surface area contributed by atoms with Crippen molar-refractivity contribution in [2.75, 3.05) is 11.9 Å².